The molecule has 0 bridgehead atoms. The van der Waals surface area contributed by atoms with E-state index in [1.54, 1.807) is 0 Å². The Labute approximate surface area is 162 Å². The van der Waals surface area contributed by atoms with E-state index in [1.165, 1.54) is 24.8 Å². The third kappa shape index (κ3) is 6.04. The zero-order valence-corrected chi connectivity index (χ0v) is 16.2. The molecule has 0 unspecified atom stereocenters. The predicted octanol–water partition coefficient (Wildman–Crippen LogP) is 1.60. The van der Waals surface area contributed by atoms with E-state index < -0.39 is 0 Å². The summed E-state index contributed by atoms with van der Waals surface area (Å²) in [6.45, 7) is 6.59. The highest BCUT2D eigenvalue weighted by Gasteiger charge is 2.23. The van der Waals surface area contributed by atoms with E-state index in [4.69, 9.17) is 5.73 Å². The lowest BCUT2D eigenvalue weighted by atomic mass is 9.96. The molecule has 2 aliphatic heterocycles. The number of carbonyl (C=O) groups is 2. The first-order chi connectivity index (χ1) is 13.1. The van der Waals surface area contributed by atoms with Crippen LogP contribution in [-0.2, 0) is 11.3 Å². The lowest BCUT2D eigenvalue weighted by Gasteiger charge is -2.30. The Bertz CT molecular complexity index is 618. The molecular formula is C21H32N4O2. The van der Waals surface area contributed by atoms with Crippen LogP contribution in [0.4, 0.5) is 0 Å². The highest BCUT2D eigenvalue weighted by molar-refractivity contribution is 5.94. The molecule has 2 heterocycles. The van der Waals surface area contributed by atoms with Crippen LogP contribution in [0.2, 0.25) is 0 Å². The first-order valence-electron chi connectivity index (χ1n) is 10.2. The van der Waals surface area contributed by atoms with E-state index in [0.717, 1.165) is 52.1 Å². The van der Waals surface area contributed by atoms with Gasteiger partial charge in [-0.25, -0.2) is 0 Å². The molecule has 0 saturated carbocycles. The van der Waals surface area contributed by atoms with Crippen LogP contribution in [0.3, 0.4) is 0 Å². The fourth-order valence-electron chi connectivity index (χ4n) is 4.01. The SMILES string of the molecule is NC(=O)C1CCN(Cc2ccc(C(=O)NCCN3CCCCC3)cc2)CC1. The molecule has 1 aromatic rings. The summed E-state index contributed by atoms with van der Waals surface area (Å²) in [6, 6.07) is 7.86. The van der Waals surface area contributed by atoms with E-state index in [9.17, 15) is 9.59 Å². The molecule has 0 atom stereocenters. The Hall–Kier alpha value is -1.92. The predicted molar refractivity (Wildman–Crippen MR) is 106 cm³/mol. The number of rotatable bonds is 7. The van der Waals surface area contributed by atoms with Crippen molar-refractivity contribution in [2.24, 2.45) is 11.7 Å². The Morgan fingerprint density at radius 3 is 2.26 bits per heavy atom. The second-order valence-corrected chi connectivity index (χ2v) is 7.81. The minimum Gasteiger partial charge on any atom is -0.369 e. The molecule has 0 spiro atoms. The third-order valence-corrected chi connectivity index (χ3v) is 5.77. The normalized spacial score (nSPS) is 19.7. The van der Waals surface area contributed by atoms with Crippen molar-refractivity contribution in [3.8, 4) is 0 Å². The fourth-order valence-corrected chi connectivity index (χ4v) is 4.01. The van der Waals surface area contributed by atoms with Gasteiger partial charge in [0.25, 0.3) is 5.91 Å². The van der Waals surface area contributed by atoms with E-state index in [-0.39, 0.29) is 17.7 Å². The second kappa shape index (κ2) is 9.85. The fraction of sp³-hybridized carbons (Fsp3) is 0.619. The van der Waals surface area contributed by atoms with Gasteiger partial charge in [0.1, 0.15) is 0 Å². The first-order valence-corrected chi connectivity index (χ1v) is 10.2. The van der Waals surface area contributed by atoms with Crippen molar-refractivity contribution in [3.05, 3.63) is 35.4 Å². The quantitative estimate of drug-likeness (QED) is 0.762. The molecule has 2 amide bonds. The number of carbonyl (C=O) groups excluding carboxylic acids is 2. The molecule has 3 N–H and O–H groups in total. The molecule has 148 valence electrons. The number of amides is 2. The van der Waals surface area contributed by atoms with Crippen molar-refractivity contribution >= 4 is 11.8 Å². The number of nitrogens with two attached hydrogens (primary N) is 1. The summed E-state index contributed by atoms with van der Waals surface area (Å²) in [5, 5.41) is 3.03. The van der Waals surface area contributed by atoms with E-state index >= 15 is 0 Å². The molecule has 6 heteroatoms. The van der Waals surface area contributed by atoms with Crippen molar-refractivity contribution in [3.63, 3.8) is 0 Å². The number of hydrogen-bond donors (Lipinski definition) is 2. The molecule has 0 radical (unpaired) electrons. The van der Waals surface area contributed by atoms with Crippen molar-refractivity contribution < 1.29 is 9.59 Å². The minimum atomic E-state index is -0.176. The topological polar surface area (TPSA) is 78.7 Å². The zero-order chi connectivity index (χ0) is 19.1. The molecule has 0 aliphatic carbocycles. The maximum atomic E-state index is 12.3. The molecule has 2 saturated heterocycles. The molecule has 6 nitrogen and oxygen atoms in total. The van der Waals surface area contributed by atoms with Gasteiger partial charge < -0.3 is 16.0 Å². The Morgan fingerprint density at radius 2 is 1.63 bits per heavy atom. The van der Waals surface area contributed by atoms with Crippen molar-refractivity contribution in [1.82, 2.24) is 15.1 Å². The van der Waals surface area contributed by atoms with Gasteiger partial charge in [0.05, 0.1) is 0 Å². The molecule has 27 heavy (non-hydrogen) atoms. The second-order valence-electron chi connectivity index (χ2n) is 7.81. The van der Waals surface area contributed by atoms with Gasteiger partial charge in [-0.3, -0.25) is 14.5 Å². The molecule has 0 aromatic heterocycles. The number of primary amides is 1. The van der Waals surface area contributed by atoms with E-state index in [0.29, 0.717) is 12.1 Å². The Kier molecular flexibility index (Phi) is 7.24. The average molecular weight is 373 g/mol. The third-order valence-electron chi connectivity index (χ3n) is 5.77. The van der Waals surface area contributed by atoms with Gasteiger partial charge in [-0.15, -0.1) is 0 Å². The average Bonchev–Trinajstić information content (AvgIpc) is 2.70. The number of hydrogen-bond acceptors (Lipinski definition) is 4. The summed E-state index contributed by atoms with van der Waals surface area (Å²) in [5.41, 5.74) is 7.29. The van der Waals surface area contributed by atoms with Crippen LogP contribution in [0.1, 0.15) is 48.0 Å². The van der Waals surface area contributed by atoms with E-state index in [1.807, 2.05) is 24.3 Å². The maximum Gasteiger partial charge on any atom is 0.251 e. The molecule has 1 aromatic carbocycles. The van der Waals surface area contributed by atoms with Crippen LogP contribution in [0, 0.1) is 5.92 Å². The van der Waals surface area contributed by atoms with Gasteiger partial charge in [-0.1, -0.05) is 18.6 Å². The summed E-state index contributed by atoms with van der Waals surface area (Å²) in [6.07, 6.45) is 5.56. The number of nitrogens with one attached hydrogen (secondary N) is 1. The van der Waals surface area contributed by atoms with Gasteiger partial charge in [0.15, 0.2) is 0 Å². The van der Waals surface area contributed by atoms with Gasteiger partial charge in [-0.2, -0.15) is 0 Å². The van der Waals surface area contributed by atoms with Crippen LogP contribution >= 0.6 is 0 Å². The van der Waals surface area contributed by atoms with Gasteiger partial charge in [0, 0.05) is 31.1 Å². The van der Waals surface area contributed by atoms with E-state index in [2.05, 4.69) is 15.1 Å². The lowest BCUT2D eigenvalue weighted by Crippen LogP contribution is -2.38. The van der Waals surface area contributed by atoms with Crippen molar-refractivity contribution in [1.29, 1.82) is 0 Å². The number of likely N-dealkylation sites (tertiary alicyclic amines) is 2. The van der Waals surface area contributed by atoms with Crippen molar-refractivity contribution in [2.75, 3.05) is 39.3 Å². The number of benzene rings is 1. The monoisotopic (exact) mass is 372 g/mol. The highest BCUT2D eigenvalue weighted by atomic mass is 16.2. The minimum absolute atomic E-state index is 0.000770. The summed E-state index contributed by atoms with van der Waals surface area (Å²) in [4.78, 5) is 28.3. The number of piperidine rings is 2. The standard InChI is InChI=1S/C21H32N4O2/c22-20(26)18-8-13-25(14-9-18)16-17-4-6-19(7-5-17)21(27)23-10-15-24-11-2-1-3-12-24/h4-7,18H,1-3,8-16H2,(H2,22,26)(H,23,27). The van der Waals surface area contributed by atoms with Crippen LogP contribution in [0.15, 0.2) is 24.3 Å². The zero-order valence-electron chi connectivity index (χ0n) is 16.2. The van der Waals surface area contributed by atoms with Crippen molar-refractivity contribution in [2.45, 2.75) is 38.6 Å². The van der Waals surface area contributed by atoms with Crippen LogP contribution in [0.5, 0.6) is 0 Å². The largest absolute Gasteiger partial charge is 0.369 e. The molecule has 2 aliphatic rings. The summed E-state index contributed by atoms with van der Waals surface area (Å²) in [5.74, 6) is -0.150. The Morgan fingerprint density at radius 1 is 0.963 bits per heavy atom. The summed E-state index contributed by atoms with van der Waals surface area (Å²) < 4.78 is 0. The Balaban J connectivity index is 1.40. The van der Waals surface area contributed by atoms with Gasteiger partial charge >= 0.3 is 0 Å². The highest BCUT2D eigenvalue weighted by Crippen LogP contribution is 2.19. The van der Waals surface area contributed by atoms with Crippen LogP contribution in [-0.4, -0.2) is 60.9 Å². The van der Waals surface area contributed by atoms with Gasteiger partial charge in [0.2, 0.25) is 5.91 Å². The van der Waals surface area contributed by atoms with Crippen LogP contribution in [0.25, 0.3) is 0 Å². The molecule has 2 fully saturated rings. The first kappa shape index (κ1) is 19.8. The lowest BCUT2D eigenvalue weighted by molar-refractivity contribution is -0.123. The molecular weight excluding hydrogens is 340 g/mol. The summed E-state index contributed by atoms with van der Waals surface area (Å²) in [7, 11) is 0. The number of nitrogens with zero attached hydrogens (tertiary/aromatic N) is 2. The smallest absolute Gasteiger partial charge is 0.251 e. The maximum absolute atomic E-state index is 12.3. The molecule has 3 rings (SSSR count). The van der Waals surface area contributed by atoms with Gasteiger partial charge in [-0.05, 0) is 69.6 Å². The van der Waals surface area contributed by atoms with Crippen LogP contribution < -0.4 is 11.1 Å². The summed E-state index contributed by atoms with van der Waals surface area (Å²) >= 11 is 0.